The van der Waals surface area contributed by atoms with Gasteiger partial charge in [0.2, 0.25) is 11.8 Å². The molecule has 0 bridgehead atoms. The fraction of sp³-hybridized carbons (Fsp3) is 0. The van der Waals surface area contributed by atoms with Crippen LogP contribution in [-0.4, -0.2) is 20.9 Å². The number of pyridine rings is 1. The van der Waals surface area contributed by atoms with Crippen LogP contribution in [0.4, 0.5) is 18.9 Å². The van der Waals surface area contributed by atoms with Crippen LogP contribution in [0.15, 0.2) is 49.1 Å². The molecule has 0 saturated carbocycles. The van der Waals surface area contributed by atoms with Crippen molar-refractivity contribution in [3.05, 3.63) is 72.3 Å². The highest BCUT2D eigenvalue weighted by molar-refractivity contribution is 6.02. The molecule has 3 rings (SSSR count). The Kier molecular flexibility index (Phi) is 4.55. The summed E-state index contributed by atoms with van der Waals surface area (Å²) in [4.78, 5) is 22.8. The zero-order valence-electron chi connectivity index (χ0n) is 12.4. The molecule has 1 N–H and O–H groups in total. The summed E-state index contributed by atoms with van der Waals surface area (Å²) < 4.78 is 45.8. The van der Waals surface area contributed by atoms with Gasteiger partial charge in [0.15, 0.2) is 17.3 Å². The van der Waals surface area contributed by atoms with Crippen molar-refractivity contribution in [2.45, 2.75) is 0 Å². The number of hydrogen-bond acceptors (Lipinski definition) is 5. The number of rotatable bonds is 4. The average molecular weight is 346 g/mol. The van der Waals surface area contributed by atoms with E-state index in [0.717, 1.165) is 18.2 Å². The van der Waals surface area contributed by atoms with Crippen molar-refractivity contribution in [2.24, 2.45) is 0 Å². The van der Waals surface area contributed by atoms with Crippen molar-refractivity contribution >= 4 is 11.6 Å². The molecule has 0 spiro atoms. The number of anilines is 1. The average Bonchev–Trinajstić information content (AvgIpc) is 2.60. The molecule has 25 heavy (non-hydrogen) atoms. The number of benzene rings is 1. The molecule has 2 heterocycles. The molecule has 0 atom stereocenters. The summed E-state index contributed by atoms with van der Waals surface area (Å²) in [5.74, 6) is -4.51. The number of ether oxygens (including phenoxy) is 1. The number of amides is 1. The third kappa shape index (κ3) is 3.89. The molecule has 0 unspecified atom stereocenters. The summed E-state index contributed by atoms with van der Waals surface area (Å²) in [5.41, 5.74) is -0.314. The van der Waals surface area contributed by atoms with Crippen LogP contribution in [0, 0.1) is 17.6 Å². The third-order valence-electron chi connectivity index (χ3n) is 2.97. The van der Waals surface area contributed by atoms with E-state index < -0.39 is 29.2 Å². The Labute approximate surface area is 139 Å². The summed E-state index contributed by atoms with van der Waals surface area (Å²) in [7, 11) is 0. The molecule has 3 aromatic rings. The van der Waals surface area contributed by atoms with Gasteiger partial charge in [-0.25, -0.2) is 19.3 Å². The van der Waals surface area contributed by atoms with Crippen LogP contribution in [0.1, 0.15) is 10.5 Å². The summed E-state index contributed by atoms with van der Waals surface area (Å²) in [6.07, 6.45) is 3.75. The smallest absolute Gasteiger partial charge is 0.274 e. The van der Waals surface area contributed by atoms with Crippen LogP contribution in [0.5, 0.6) is 11.5 Å². The van der Waals surface area contributed by atoms with Crippen LogP contribution in [0.25, 0.3) is 0 Å². The molecule has 0 radical (unpaired) electrons. The van der Waals surface area contributed by atoms with Gasteiger partial charge in [-0.3, -0.25) is 4.79 Å². The van der Waals surface area contributed by atoms with E-state index in [2.05, 4.69) is 20.3 Å². The minimum atomic E-state index is -1.24. The van der Waals surface area contributed by atoms with Gasteiger partial charge in [-0.1, -0.05) is 6.07 Å². The van der Waals surface area contributed by atoms with Gasteiger partial charge in [0.05, 0.1) is 12.4 Å². The number of nitrogens with one attached hydrogen (secondary N) is 1. The minimum Gasteiger partial charge on any atom is -0.451 e. The van der Waals surface area contributed by atoms with E-state index in [9.17, 15) is 18.0 Å². The van der Waals surface area contributed by atoms with Gasteiger partial charge in [-0.2, -0.15) is 8.78 Å². The lowest BCUT2D eigenvalue weighted by atomic mass is 10.2. The van der Waals surface area contributed by atoms with E-state index in [-0.39, 0.29) is 17.1 Å². The first-order valence-corrected chi connectivity index (χ1v) is 6.89. The Bertz CT molecular complexity index is 923. The molecule has 0 aliphatic carbocycles. The Morgan fingerprint density at radius 1 is 1.08 bits per heavy atom. The lowest BCUT2D eigenvalue weighted by Gasteiger charge is -2.10. The first kappa shape index (κ1) is 16.4. The molecule has 9 heteroatoms. The number of nitrogens with zero attached hydrogens (tertiary/aromatic N) is 3. The third-order valence-corrected chi connectivity index (χ3v) is 2.97. The molecular weight excluding hydrogens is 337 g/mol. The van der Waals surface area contributed by atoms with Gasteiger partial charge in [0.1, 0.15) is 12.0 Å². The fourth-order valence-electron chi connectivity index (χ4n) is 1.91. The van der Waals surface area contributed by atoms with Crippen molar-refractivity contribution in [1.29, 1.82) is 0 Å². The van der Waals surface area contributed by atoms with E-state index in [1.165, 1.54) is 30.9 Å². The summed E-state index contributed by atoms with van der Waals surface area (Å²) in [6.45, 7) is 0. The molecular formula is C16H9F3N4O2. The Morgan fingerprint density at radius 3 is 2.56 bits per heavy atom. The molecule has 0 aliphatic heterocycles. The van der Waals surface area contributed by atoms with Crippen molar-refractivity contribution in [1.82, 2.24) is 15.0 Å². The second-order valence-electron chi connectivity index (χ2n) is 4.75. The van der Waals surface area contributed by atoms with Crippen LogP contribution in [0.2, 0.25) is 0 Å². The van der Waals surface area contributed by atoms with Crippen molar-refractivity contribution in [3.63, 3.8) is 0 Å². The molecule has 1 amide bonds. The predicted molar refractivity (Wildman–Crippen MR) is 80.6 cm³/mol. The van der Waals surface area contributed by atoms with Gasteiger partial charge in [-0.15, -0.1) is 0 Å². The van der Waals surface area contributed by atoms with Crippen molar-refractivity contribution < 1.29 is 22.7 Å². The summed E-state index contributed by atoms with van der Waals surface area (Å²) >= 11 is 0. The van der Waals surface area contributed by atoms with E-state index in [1.54, 1.807) is 0 Å². The lowest BCUT2D eigenvalue weighted by Crippen LogP contribution is -2.14. The SMILES string of the molecule is O=C(Nc1cc(F)c(F)c(Oc2cncnc2)c1)c1cccc(F)n1. The normalized spacial score (nSPS) is 10.4. The first-order chi connectivity index (χ1) is 12.0. The van der Waals surface area contributed by atoms with Gasteiger partial charge < -0.3 is 10.1 Å². The van der Waals surface area contributed by atoms with Crippen molar-refractivity contribution in [2.75, 3.05) is 5.32 Å². The maximum absolute atomic E-state index is 13.9. The Morgan fingerprint density at radius 2 is 1.84 bits per heavy atom. The summed E-state index contributed by atoms with van der Waals surface area (Å²) in [6, 6.07) is 5.48. The number of hydrogen-bond donors (Lipinski definition) is 1. The molecule has 126 valence electrons. The zero-order valence-corrected chi connectivity index (χ0v) is 12.4. The number of aromatic nitrogens is 3. The lowest BCUT2D eigenvalue weighted by molar-refractivity contribution is 0.102. The van der Waals surface area contributed by atoms with E-state index in [1.807, 2.05) is 0 Å². The van der Waals surface area contributed by atoms with Gasteiger partial charge in [0.25, 0.3) is 5.91 Å². The molecule has 0 aliphatic rings. The minimum absolute atomic E-state index is 0.0797. The number of carbonyl (C=O) groups excluding carboxylic acids is 1. The van der Waals surface area contributed by atoms with Crippen LogP contribution in [-0.2, 0) is 0 Å². The van der Waals surface area contributed by atoms with Gasteiger partial charge >= 0.3 is 0 Å². The maximum Gasteiger partial charge on any atom is 0.274 e. The van der Waals surface area contributed by atoms with Crippen LogP contribution >= 0.6 is 0 Å². The van der Waals surface area contributed by atoms with E-state index in [0.29, 0.717) is 0 Å². The van der Waals surface area contributed by atoms with Crippen LogP contribution in [0.3, 0.4) is 0 Å². The largest absolute Gasteiger partial charge is 0.451 e. The highest BCUT2D eigenvalue weighted by atomic mass is 19.2. The number of carbonyl (C=O) groups is 1. The second-order valence-corrected chi connectivity index (χ2v) is 4.75. The quantitative estimate of drug-likeness (QED) is 0.733. The monoisotopic (exact) mass is 346 g/mol. The predicted octanol–water partition coefficient (Wildman–Crippen LogP) is 3.33. The molecule has 1 aromatic carbocycles. The van der Waals surface area contributed by atoms with Crippen LogP contribution < -0.4 is 10.1 Å². The fourth-order valence-corrected chi connectivity index (χ4v) is 1.91. The van der Waals surface area contributed by atoms with E-state index >= 15 is 0 Å². The first-order valence-electron chi connectivity index (χ1n) is 6.89. The van der Waals surface area contributed by atoms with Gasteiger partial charge in [0, 0.05) is 17.8 Å². The van der Waals surface area contributed by atoms with Gasteiger partial charge in [-0.05, 0) is 12.1 Å². The molecule has 2 aromatic heterocycles. The summed E-state index contributed by atoms with van der Waals surface area (Å²) in [5, 5.41) is 2.29. The molecule has 0 saturated heterocycles. The highest BCUT2D eigenvalue weighted by Crippen LogP contribution is 2.29. The molecule has 6 nitrogen and oxygen atoms in total. The topological polar surface area (TPSA) is 77.0 Å². The zero-order chi connectivity index (χ0) is 17.8. The Hall–Kier alpha value is -3.49. The maximum atomic E-state index is 13.9. The molecule has 0 fully saturated rings. The van der Waals surface area contributed by atoms with E-state index in [4.69, 9.17) is 4.74 Å². The standard InChI is InChI=1S/C16H9F3N4O2/c17-11-4-9(22-16(24)12-2-1-3-14(18)23-12)5-13(15(11)19)25-10-6-20-8-21-7-10/h1-8H,(H,22,24). The van der Waals surface area contributed by atoms with Crippen molar-refractivity contribution in [3.8, 4) is 11.5 Å². The highest BCUT2D eigenvalue weighted by Gasteiger charge is 2.16. The Balaban J connectivity index is 1.86. The second kappa shape index (κ2) is 6.95. The number of halogens is 3.